The maximum absolute atomic E-state index is 12.1. The number of ether oxygens (including phenoxy) is 2. The van der Waals surface area contributed by atoms with Crippen LogP contribution in [0.25, 0.3) is 0 Å². The van der Waals surface area contributed by atoms with Gasteiger partial charge < -0.3 is 9.47 Å². The molecule has 0 aliphatic heterocycles. The Hall–Kier alpha value is -1.06. The summed E-state index contributed by atoms with van der Waals surface area (Å²) in [6, 6.07) is 0. The van der Waals surface area contributed by atoms with Crippen molar-refractivity contribution in [1.82, 2.24) is 0 Å². The fourth-order valence-electron chi connectivity index (χ4n) is 1.98. The third kappa shape index (κ3) is 10.6. The quantitative estimate of drug-likeness (QED) is 0.536. The van der Waals surface area contributed by atoms with Crippen molar-refractivity contribution < 1.29 is 19.1 Å². The van der Waals surface area contributed by atoms with Crippen LogP contribution in [0.1, 0.15) is 67.2 Å². The fourth-order valence-corrected chi connectivity index (χ4v) is 1.98. The Bertz CT molecular complexity index is 321. The van der Waals surface area contributed by atoms with Crippen LogP contribution >= 0.6 is 0 Å². The highest BCUT2D eigenvalue weighted by atomic mass is 16.5. The summed E-state index contributed by atoms with van der Waals surface area (Å²) in [5.74, 6) is 0.556. The predicted octanol–water partition coefficient (Wildman–Crippen LogP) is 4.22. The lowest BCUT2D eigenvalue weighted by atomic mass is 9.91. The van der Waals surface area contributed by atoms with E-state index in [9.17, 15) is 9.59 Å². The van der Waals surface area contributed by atoms with Gasteiger partial charge in [-0.2, -0.15) is 0 Å². The van der Waals surface area contributed by atoms with Gasteiger partial charge in [-0.25, -0.2) is 0 Å². The van der Waals surface area contributed by atoms with Crippen LogP contribution < -0.4 is 0 Å². The van der Waals surface area contributed by atoms with Crippen molar-refractivity contribution in [3.05, 3.63) is 0 Å². The minimum atomic E-state index is -0.232. The highest BCUT2D eigenvalue weighted by Gasteiger charge is 2.24. The second-order valence-electron chi connectivity index (χ2n) is 7.14. The summed E-state index contributed by atoms with van der Waals surface area (Å²) in [5, 5.41) is 0. The molecular weight excluding hydrogens is 280 g/mol. The molecule has 4 nitrogen and oxygen atoms in total. The summed E-state index contributed by atoms with van der Waals surface area (Å²) >= 11 is 0. The van der Waals surface area contributed by atoms with E-state index in [-0.39, 0.29) is 30.2 Å². The summed E-state index contributed by atoms with van der Waals surface area (Å²) in [6.45, 7) is 13.3. The molecule has 0 aliphatic carbocycles. The van der Waals surface area contributed by atoms with E-state index in [1.807, 2.05) is 13.8 Å². The van der Waals surface area contributed by atoms with Gasteiger partial charge in [0.1, 0.15) is 0 Å². The average molecular weight is 314 g/mol. The molecule has 130 valence electrons. The van der Waals surface area contributed by atoms with Crippen molar-refractivity contribution in [2.45, 2.75) is 67.2 Å². The largest absolute Gasteiger partial charge is 0.466 e. The van der Waals surface area contributed by atoms with Gasteiger partial charge in [0.2, 0.25) is 0 Å². The molecule has 0 amide bonds. The first kappa shape index (κ1) is 20.9. The normalized spacial score (nSPS) is 12.8. The summed E-state index contributed by atoms with van der Waals surface area (Å²) in [6.07, 6.45) is 2.52. The van der Waals surface area contributed by atoms with Gasteiger partial charge in [0, 0.05) is 6.42 Å². The van der Waals surface area contributed by atoms with Crippen LogP contribution in [-0.4, -0.2) is 25.2 Å². The van der Waals surface area contributed by atoms with E-state index in [1.54, 1.807) is 0 Å². The van der Waals surface area contributed by atoms with Crippen LogP contribution in [0, 0.1) is 23.7 Å². The molecule has 0 bridgehead atoms. The molecule has 1 atom stereocenters. The zero-order chi connectivity index (χ0) is 17.1. The summed E-state index contributed by atoms with van der Waals surface area (Å²) < 4.78 is 10.5. The van der Waals surface area contributed by atoms with Gasteiger partial charge in [0.05, 0.1) is 19.1 Å². The van der Waals surface area contributed by atoms with Crippen molar-refractivity contribution in [3.8, 4) is 0 Å². The van der Waals surface area contributed by atoms with Crippen LogP contribution in [0.5, 0.6) is 0 Å². The topological polar surface area (TPSA) is 52.6 Å². The monoisotopic (exact) mass is 314 g/mol. The number of carbonyl (C=O) groups is 2. The molecule has 0 rings (SSSR count). The maximum Gasteiger partial charge on any atom is 0.309 e. The van der Waals surface area contributed by atoms with E-state index in [0.29, 0.717) is 31.5 Å². The third-order valence-electron chi connectivity index (χ3n) is 3.66. The second-order valence-corrected chi connectivity index (χ2v) is 7.14. The van der Waals surface area contributed by atoms with Gasteiger partial charge in [-0.15, -0.1) is 0 Å². The molecule has 0 fully saturated rings. The molecule has 22 heavy (non-hydrogen) atoms. The van der Waals surface area contributed by atoms with Crippen molar-refractivity contribution in [3.63, 3.8) is 0 Å². The van der Waals surface area contributed by atoms with Crippen molar-refractivity contribution in [2.75, 3.05) is 13.2 Å². The zero-order valence-electron chi connectivity index (χ0n) is 15.2. The first-order valence-electron chi connectivity index (χ1n) is 8.56. The van der Waals surface area contributed by atoms with Crippen molar-refractivity contribution >= 4 is 11.9 Å². The number of rotatable bonds is 11. The molecule has 0 aromatic rings. The highest BCUT2D eigenvalue weighted by molar-refractivity contribution is 5.74. The van der Waals surface area contributed by atoms with E-state index < -0.39 is 0 Å². The molecule has 0 N–H and O–H groups in total. The summed E-state index contributed by atoms with van der Waals surface area (Å²) in [7, 11) is 0. The number of hydrogen-bond donors (Lipinski definition) is 0. The van der Waals surface area contributed by atoms with Crippen LogP contribution in [-0.2, 0) is 19.1 Å². The average Bonchev–Trinajstić information content (AvgIpc) is 2.37. The van der Waals surface area contributed by atoms with E-state index in [1.165, 1.54) is 0 Å². The standard InChI is InChI=1S/C18H34O4/c1-13(2)9-11-21-17(19)8-7-16(15(5)6)18(20)22-12-10-14(3)4/h13-16H,7-12H2,1-6H3. The van der Waals surface area contributed by atoms with Crippen LogP contribution in [0.2, 0.25) is 0 Å². The Labute approximate surface area is 135 Å². The lowest BCUT2D eigenvalue weighted by Crippen LogP contribution is -2.24. The van der Waals surface area contributed by atoms with Gasteiger partial charge in [-0.1, -0.05) is 41.5 Å². The van der Waals surface area contributed by atoms with Crippen LogP contribution in [0.3, 0.4) is 0 Å². The van der Waals surface area contributed by atoms with Crippen molar-refractivity contribution in [1.29, 1.82) is 0 Å². The molecule has 1 unspecified atom stereocenters. The molecular formula is C18H34O4. The number of carbonyl (C=O) groups excluding carboxylic acids is 2. The highest BCUT2D eigenvalue weighted by Crippen LogP contribution is 2.20. The number of esters is 2. The Morgan fingerprint density at radius 3 is 1.73 bits per heavy atom. The molecule has 0 radical (unpaired) electrons. The molecule has 0 saturated carbocycles. The first-order chi connectivity index (χ1) is 10.2. The second kappa shape index (κ2) is 11.5. The van der Waals surface area contributed by atoms with E-state index in [4.69, 9.17) is 9.47 Å². The lowest BCUT2D eigenvalue weighted by molar-refractivity contribution is -0.151. The maximum atomic E-state index is 12.1. The molecule has 0 aliphatic rings. The van der Waals surface area contributed by atoms with Gasteiger partial charge >= 0.3 is 11.9 Å². The minimum absolute atomic E-state index is 0.162. The molecule has 0 aromatic carbocycles. The van der Waals surface area contributed by atoms with Crippen molar-refractivity contribution in [2.24, 2.45) is 23.7 Å². The summed E-state index contributed by atoms with van der Waals surface area (Å²) in [5.41, 5.74) is 0. The fraction of sp³-hybridized carbons (Fsp3) is 0.889. The third-order valence-corrected chi connectivity index (χ3v) is 3.66. The first-order valence-corrected chi connectivity index (χ1v) is 8.56. The Kier molecular flexibility index (Phi) is 10.9. The van der Waals surface area contributed by atoms with Gasteiger partial charge in [0.15, 0.2) is 0 Å². The van der Waals surface area contributed by atoms with E-state index in [0.717, 1.165) is 12.8 Å². The molecule has 0 heterocycles. The zero-order valence-corrected chi connectivity index (χ0v) is 15.2. The number of hydrogen-bond acceptors (Lipinski definition) is 4. The van der Waals surface area contributed by atoms with Gasteiger partial charge in [0.25, 0.3) is 0 Å². The molecule has 4 heteroatoms. The minimum Gasteiger partial charge on any atom is -0.466 e. The Balaban J connectivity index is 4.12. The van der Waals surface area contributed by atoms with E-state index >= 15 is 0 Å². The van der Waals surface area contributed by atoms with Crippen LogP contribution in [0.4, 0.5) is 0 Å². The van der Waals surface area contributed by atoms with Gasteiger partial charge in [-0.05, 0) is 37.0 Å². The summed E-state index contributed by atoms with van der Waals surface area (Å²) in [4.78, 5) is 23.8. The lowest BCUT2D eigenvalue weighted by Gasteiger charge is -2.19. The van der Waals surface area contributed by atoms with E-state index in [2.05, 4.69) is 27.7 Å². The SMILES string of the molecule is CC(C)CCOC(=O)CCC(C(=O)OCCC(C)C)C(C)C. The van der Waals surface area contributed by atoms with Gasteiger partial charge in [-0.3, -0.25) is 9.59 Å². The molecule has 0 saturated heterocycles. The van der Waals surface area contributed by atoms with Crippen LogP contribution in [0.15, 0.2) is 0 Å². The molecule has 0 spiro atoms. The Morgan fingerprint density at radius 2 is 1.27 bits per heavy atom. The molecule has 0 aromatic heterocycles. The Morgan fingerprint density at radius 1 is 0.773 bits per heavy atom. The predicted molar refractivity (Wildman–Crippen MR) is 88.4 cm³/mol. The smallest absolute Gasteiger partial charge is 0.309 e.